The second-order valence-electron chi connectivity index (χ2n) is 7.89. The SMILES string of the molecule is CC(=O)NC1CCN(C(=S)NC2N=C(c3ccccc3)c3cc(Cl)ccc3N(C)C2=O)C1. The first-order chi connectivity index (χ1) is 15.3. The van der Waals surface area contributed by atoms with Crippen molar-refractivity contribution in [2.45, 2.75) is 25.6 Å². The van der Waals surface area contributed by atoms with Crippen LogP contribution in [0.25, 0.3) is 0 Å². The number of aliphatic imine (C=N–C) groups is 1. The summed E-state index contributed by atoms with van der Waals surface area (Å²) in [5.41, 5.74) is 3.05. The Morgan fingerprint density at radius 2 is 1.94 bits per heavy atom. The highest BCUT2D eigenvalue weighted by Gasteiger charge is 2.32. The van der Waals surface area contributed by atoms with E-state index in [1.165, 1.54) is 6.92 Å². The van der Waals surface area contributed by atoms with Gasteiger partial charge in [-0.15, -0.1) is 0 Å². The molecule has 2 N–H and O–H groups in total. The molecule has 0 radical (unpaired) electrons. The number of anilines is 1. The molecule has 2 atom stereocenters. The first kappa shape index (κ1) is 22.2. The standard InChI is InChI=1S/C23H24ClN5O2S/c1-14(30)25-17-10-11-29(13-17)23(32)27-21-22(31)28(2)19-9-8-16(24)12-18(19)20(26-21)15-6-4-3-5-7-15/h3-9,12,17,21H,10-11,13H2,1-2H3,(H,25,30)(H,27,32). The van der Waals surface area contributed by atoms with Gasteiger partial charge >= 0.3 is 0 Å². The zero-order chi connectivity index (χ0) is 22.8. The third-order valence-corrected chi connectivity index (χ3v) is 6.20. The van der Waals surface area contributed by atoms with Crippen LogP contribution in [0.2, 0.25) is 5.02 Å². The number of carbonyl (C=O) groups is 2. The van der Waals surface area contributed by atoms with E-state index in [4.69, 9.17) is 28.8 Å². The van der Waals surface area contributed by atoms with Crippen molar-refractivity contribution in [3.8, 4) is 0 Å². The molecule has 2 unspecified atom stereocenters. The van der Waals surface area contributed by atoms with E-state index in [9.17, 15) is 9.59 Å². The second-order valence-corrected chi connectivity index (χ2v) is 8.71. The summed E-state index contributed by atoms with van der Waals surface area (Å²) in [4.78, 5) is 33.0. The number of carbonyl (C=O) groups excluding carboxylic acids is 2. The molecule has 9 heteroatoms. The summed E-state index contributed by atoms with van der Waals surface area (Å²) < 4.78 is 0. The molecule has 2 aromatic carbocycles. The van der Waals surface area contributed by atoms with Gasteiger partial charge in [0.25, 0.3) is 5.91 Å². The van der Waals surface area contributed by atoms with E-state index in [2.05, 4.69) is 10.6 Å². The molecular weight excluding hydrogens is 446 g/mol. The Morgan fingerprint density at radius 1 is 1.19 bits per heavy atom. The average Bonchev–Trinajstić information content (AvgIpc) is 3.20. The minimum Gasteiger partial charge on any atom is -0.352 e. The predicted octanol–water partition coefficient (Wildman–Crippen LogP) is 2.56. The molecule has 2 amide bonds. The van der Waals surface area contributed by atoms with Crippen LogP contribution in [0.5, 0.6) is 0 Å². The molecule has 1 saturated heterocycles. The van der Waals surface area contributed by atoms with Crippen LogP contribution in [0.3, 0.4) is 0 Å². The number of likely N-dealkylation sites (tertiary alicyclic amines) is 1. The Balaban J connectivity index is 1.65. The van der Waals surface area contributed by atoms with E-state index >= 15 is 0 Å². The predicted molar refractivity (Wildman–Crippen MR) is 130 cm³/mol. The fourth-order valence-corrected chi connectivity index (χ4v) is 4.47. The summed E-state index contributed by atoms with van der Waals surface area (Å²) >= 11 is 11.9. The van der Waals surface area contributed by atoms with Crippen molar-refractivity contribution in [1.29, 1.82) is 0 Å². The zero-order valence-corrected chi connectivity index (χ0v) is 19.4. The maximum atomic E-state index is 13.3. The highest BCUT2D eigenvalue weighted by atomic mass is 35.5. The number of amides is 2. The maximum Gasteiger partial charge on any atom is 0.272 e. The highest BCUT2D eigenvalue weighted by molar-refractivity contribution is 7.80. The third-order valence-electron chi connectivity index (χ3n) is 5.59. The minimum atomic E-state index is -0.895. The molecule has 4 rings (SSSR count). The Morgan fingerprint density at radius 3 is 2.66 bits per heavy atom. The Kier molecular flexibility index (Phi) is 6.43. The molecular formula is C23H24ClN5O2S. The van der Waals surface area contributed by atoms with Crippen LogP contribution in [-0.4, -0.2) is 59.9 Å². The van der Waals surface area contributed by atoms with Crippen molar-refractivity contribution in [1.82, 2.24) is 15.5 Å². The van der Waals surface area contributed by atoms with Gasteiger partial charge in [0.2, 0.25) is 12.1 Å². The molecule has 2 aliphatic rings. The lowest BCUT2D eigenvalue weighted by molar-refractivity contribution is -0.120. The number of benzene rings is 2. The van der Waals surface area contributed by atoms with Crippen LogP contribution in [0.15, 0.2) is 53.5 Å². The molecule has 7 nitrogen and oxygen atoms in total. The van der Waals surface area contributed by atoms with Gasteiger partial charge < -0.3 is 20.4 Å². The van der Waals surface area contributed by atoms with Crippen LogP contribution >= 0.6 is 23.8 Å². The summed E-state index contributed by atoms with van der Waals surface area (Å²) in [5.74, 6) is -0.288. The molecule has 0 aromatic heterocycles. The molecule has 2 heterocycles. The quantitative estimate of drug-likeness (QED) is 0.676. The number of nitrogens with zero attached hydrogens (tertiary/aromatic N) is 3. The first-order valence-corrected chi connectivity index (χ1v) is 11.2. The van der Waals surface area contributed by atoms with Gasteiger partial charge in [-0.25, -0.2) is 4.99 Å². The minimum absolute atomic E-state index is 0.0366. The summed E-state index contributed by atoms with van der Waals surface area (Å²) in [6.07, 6.45) is -0.101. The average molecular weight is 470 g/mol. The van der Waals surface area contributed by atoms with Gasteiger partial charge in [0.15, 0.2) is 5.11 Å². The number of thiocarbonyl (C=S) groups is 1. The van der Waals surface area contributed by atoms with E-state index in [-0.39, 0.29) is 17.9 Å². The van der Waals surface area contributed by atoms with Crippen LogP contribution in [-0.2, 0) is 9.59 Å². The fourth-order valence-electron chi connectivity index (χ4n) is 4.02. The largest absolute Gasteiger partial charge is 0.352 e. The smallest absolute Gasteiger partial charge is 0.272 e. The van der Waals surface area contributed by atoms with Crippen LogP contribution in [0.4, 0.5) is 5.69 Å². The van der Waals surface area contributed by atoms with Gasteiger partial charge in [-0.2, -0.15) is 0 Å². The number of nitrogens with one attached hydrogen (secondary N) is 2. The zero-order valence-electron chi connectivity index (χ0n) is 17.8. The van der Waals surface area contributed by atoms with Gasteiger partial charge in [0.1, 0.15) is 0 Å². The molecule has 166 valence electrons. The molecule has 0 spiro atoms. The highest BCUT2D eigenvalue weighted by Crippen LogP contribution is 2.30. The summed E-state index contributed by atoms with van der Waals surface area (Å²) in [7, 11) is 1.72. The normalized spacial score (nSPS) is 20.3. The first-order valence-electron chi connectivity index (χ1n) is 10.4. The lowest BCUT2D eigenvalue weighted by Gasteiger charge is -2.25. The van der Waals surface area contributed by atoms with Crippen molar-refractivity contribution < 1.29 is 9.59 Å². The number of halogens is 1. The van der Waals surface area contributed by atoms with Gasteiger partial charge in [0, 0.05) is 49.3 Å². The van der Waals surface area contributed by atoms with Crippen LogP contribution in [0, 0.1) is 0 Å². The van der Waals surface area contributed by atoms with E-state index in [1.54, 1.807) is 18.0 Å². The number of likely N-dealkylation sites (N-methyl/N-ethyl adjacent to an activating group) is 1. The number of hydrogen-bond acceptors (Lipinski definition) is 4. The van der Waals surface area contributed by atoms with E-state index in [1.807, 2.05) is 47.4 Å². The molecule has 2 aliphatic heterocycles. The number of benzodiazepines with no additional fused rings is 1. The van der Waals surface area contributed by atoms with Crippen LogP contribution < -0.4 is 15.5 Å². The molecule has 2 aromatic rings. The van der Waals surface area contributed by atoms with Gasteiger partial charge in [-0.1, -0.05) is 41.9 Å². The Hall–Kier alpha value is -2.97. The third kappa shape index (κ3) is 4.61. The van der Waals surface area contributed by atoms with Crippen LogP contribution in [0.1, 0.15) is 24.5 Å². The molecule has 0 bridgehead atoms. The molecule has 0 saturated carbocycles. The Labute approximate surface area is 197 Å². The lowest BCUT2D eigenvalue weighted by atomic mass is 10.0. The topological polar surface area (TPSA) is 77.0 Å². The van der Waals surface area contributed by atoms with Gasteiger partial charge in [-0.3, -0.25) is 9.59 Å². The van der Waals surface area contributed by atoms with E-state index in [0.29, 0.717) is 28.9 Å². The van der Waals surface area contributed by atoms with E-state index < -0.39 is 6.17 Å². The number of fused-ring (bicyclic) bond motifs is 1. The summed E-state index contributed by atoms with van der Waals surface area (Å²) in [6, 6.07) is 15.1. The number of rotatable bonds is 3. The van der Waals surface area contributed by atoms with Crippen molar-refractivity contribution >= 4 is 52.1 Å². The molecule has 0 aliphatic carbocycles. The van der Waals surface area contributed by atoms with E-state index in [0.717, 1.165) is 23.2 Å². The van der Waals surface area contributed by atoms with Gasteiger partial charge in [0.05, 0.1) is 11.4 Å². The van der Waals surface area contributed by atoms with Crippen molar-refractivity contribution in [2.24, 2.45) is 4.99 Å². The second kappa shape index (κ2) is 9.26. The summed E-state index contributed by atoms with van der Waals surface area (Å²) in [5, 5.41) is 7.06. The van der Waals surface area contributed by atoms with Crippen molar-refractivity contribution in [2.75, 3.05) is 25.0 Å². The van der Waals surface area contributed by atoms with Gasteiger partial charge in [-0.05, 0) is 36.8 Å². The number of hydrogen-bond donors (Lipinski definition) is 2. The molecule has 1 fully saturated rings. The Bertz CT molecular complexity index is 1090. The lowest BCUT2D eigenvalue weighted by Crippen LogP contribution is -2.50. The maximum absolute atomic E-state index is 13.3. The molecule has 32 heavy (non-hydrogen) atoms. The fraction of sp³-hybridized carbons (Fsp3) is 0.304. The summed E-state index contributed by atoms with van der Waals surface area (Å²) in [6.45, 7) is 2.79. The van der Waals surface area contributed by atoms with Crippen molar-refractivity contribution in [3.63, 3.8) is 0 Å². The van der Waals surface area contributed by atoms with Crippen molar-refractivity contribution in [3.05, 3.63) is 64.7 Å². The monoisotopic (exact) mass is 469 g/mol.